The first-order valence-electron chi connectivity index (χ1n) is 9.18. The van der Waals surface area contributed by atoms with E-state index < -0.39 is 9.84 Å². The Morgan fingerprint density at radius 1 is 1.10 bits per heavy atom. The molecule has 0 aliphatic carbocycles. The average Bonchev–Trinajstić information content (AvgIpc) is 3.37. The van der Waals surface area contributed by atoms with Crippen LogP contribution in [0.25, 0.3) is 0 Å². The average molecular weight is 431 g/mol. The van der Waals surface area contributed by atoms with Crippen molar-refractivity contribution in [2.75, 3.05) is 29.0 Å². The number of Topliss-reactive ketones (excluding diaryl/α,β-unsaturated/α-hetero) is 1. The molecule has 0 radical (unpaired) electrons. The summed E-state index contributed by atoms with van der Waals surface area (Å²) in [6.07, 6.45) is 0. The van der Waals surface area contributed by atoms with E-state index in [0.29, 0.717) is 22.2 Å². The third-order valence-electron chi connectivity index (χ3n) is 5.17. The first-order valence-corrected chi connectivity index (χ1v) is 12.0. The van der Waals surface area contributed by atoms with Crippen LogP contribution in [0.5, 0.6) is 11.5 Å². The van der Waals surface area contributed by atoms with Crippen LogP contribution in [0.4, 0.5) is 5.69 Å². The number of ketones is 1. The zero-order valence-electron chi connectivity index (χ0n) is 15.4. The highest BCUT2D eigenvalue weighted by atomic mass is 32.2. The molecule has 2 atom stereocenters. The molecule has 0 N–H and O–H groups in total. The van der Waals surface area contributed by atoms with Crippen LogP contribution >= 0.6 is 11.8 Å². The van der Waals surface area contributed by atoms with E-state index in [1.807, 2.05) is 41.3 Å². The fourth-order valence-corrected chi connectivity index (χ4v) is 6.67. The molecule has 0 aromatic heterocycles. The van der Waals surface area contributed by atoms with Crippen LogP contribution in [-0.4, -0.2) is 55.5 Å². The summed E-state index contributed by atoms with van der Waals surface area (Å²) in [5.74, 6) is 1.61. The lowest BCUT2D eigenvalue weighted by molar-refractivity contribution is 0.102. The van der Waals surface area contributed by atoms with Gasteiger partial charge in [-0.15, -0.1) is 0 Å². The predicted molar refractivity (Wildman–Crippen MR) is 112 cm³/mol. The van der Waals surface area contributed by atoms with Gasteiger partial charge in [0.15, 0.2) is 32.3 Å². The number of carbonyl (C=O) groups excluding carboxylic acids is 1. The third kappa shape index (κ3) is 3.49. The monoisotopic (exact) mass is 430 g/mol. The van der Waals surface area contributed by atoms with Crippen LogP contribution in [0.1, 0.15) is 10.4 Å². The molecule has 1 fully saturated rings. The van der Waals surface area contributed by atoms with Crippen molar-refractivity contribution in [3.63, 3.8) is 0 Å². The number of thioether (sulfide) groups is 1. The minimum Gasteiger partial charge on any atom is -0.454 e. The Bertz CT molecular complexity index is 1100. The fourth-order valence-electron chi connectivity index (χ4n) is 3.81. The van der Waals surface area contributed by atoms with Crippen LogP contribution in [0, 0.1) is 0 Å². The van der Waals surface area contributed by atoms with Crippen LogP contribution in [0.2, 0.25) is 0 Å². The molecule has 3 aliphatic heterocycles. The molecule has 7 nitrogen and oxygen atoms in total. The molecule has 0 unspecified atom stereocenters. The smallest absolute Gasteiger partial charge is 0.231 e. The highest BCUT2D eigenvalue weighted by Gasteiger charge is 2.47. The number of hydrogen-bond acceptors (Lipinski definition) is 8. The maximum absolute atomic E-state index is 12.5. The molecule has 150 valence electrons. The van der Waals surface area contributed by atoms with Crippen molar-refractivity contribution in [3.8, 4) is 11.5 Å². The van der Waals surface area contributed by atoms with Crippen molar-refractivity contribution in [1.82, 2.24) is 0 Å². The van der Waals surface area contributed by atoms with Crippen molar-refractivity contribution in [3.05, 3.63) is 54.1 Å². The van der Waals surface area contributed by atoms with Crippen LogP contribution in [0.15, 0.2) is 53.5 Å². The van der Waals surface area contributed by atoms with E-state index in [-0.39, 0.29) is 41.9 Å². The summed E-state index contributed by atoms with van der Waals surface area (Å²) >= 11 is 1.34. The zero-order valence-corrected chi connectivity index (χ0v) is 17.0. The molecular weight excluding hydrogens is 412 g/mol. The zero-order chi connectivity index (χ0) is 20.0. The van der Waals surface area contributed by atoms with E-state index in [2.05, 4.69) is 4.99 Å². The van der Waals surface area contributed by atoms with Crippen LogP contribution in [-0.2, 0) is 9.84 Å². The van der Waals surface area contributed by atoms with Gasteiger partial charge in [-0.25, -0.2) is 8.42 Å². The van der Waals surface area contributed by atoms with Crippen molar-refractivity contribution < 1.29 is 22.7 Å². The number of ether oxygens (including phenoxy) is 2. The highest BCUT2D eigenvalue weighted by molar-refractivity contribution is 8.14. The number of benzene rings is 2. The van der Waals surface area contributed by atoms with Gasteiger partial charge in [-0.3, -0.25) is 9.79 Å². The quantitative estimate of drug-likeness (QED) is 0.689. The molecule has 0 saturated carbocycles. The van der Waals surface area contributed by atoms with Crippen molar-refractivity contribution in [2.24, 2.45) is 4.99 Å². The van der Waals surface area contributed by atoms with Gasteiger partial charge in [-0.2, -0.15) is 0 Å². The SMILES string of the molecule is O=C(CSC1=N[C@@H]2CS(=O)(=O)C[C@H]2N1c1ccc2c(c1)OCO2)c1ccccc1. The molecule has 0 amide bonds. The van der Waals surface area contributed by atoms with E-state index in [9.17, 15) is 13.2 Å². The van der Waals surface area contributed by atoms with Gasteiger partial charge >= 0.3 is 0 Å². The van der Waals surface area contributed by atoms with E-state index in [0.717, 1.165) is 5.69 Å². The van der Waals surface area contributed by atoms with Gasteiger partial charge in [-0.05, 0) is 12.1 Å². The van der Waals surface area contributed by atoms with E-state index in [1.54, 1.807) is 12.1 Å². The molecule has 0 bridgehead atoms. The molecule has 9 heteroatoms. The molecule has 2 aromatic carbocycles. The van der Waals surface area contributed by atoms with E-state index in [4.69, 9.17) is 9.47 Å². The number of sulfone groups is 1. The van der Waals surface area contributed by atoms with E-state index >= 15 is 0 Å². The van der Waals surface area contributed by atoms with Gasteiger partial charge in [0.25, 0.3) is 0 Å². The standard InChI is InChI=1S/C20H18N2O5S2/c23-17(13-4-2-1-3-5-13)9-28-20-21-15-10-29(24,25)11-16(15)22(20)14-6-7-18-19(8-14)27-12-26-18/h1-8,15-16H,9-12H2/t15-,16-/m1/s1. The van der Waals surface area contributed by atoms with Crippen molar-refractivity contribution >= 4 is 38.2 Å². The first kappa shape index (κ1) is 18.5. The number of fused-ring (bicyclic) bond motifs is 2. The molecule has 29 heavy (non-hydrogen) atoms. The molecule has 3 heterocycles. The molecule has 1 saturated heterocycles. The van der Waals surface area contributed by atoms with Crippen molar-refractivity contribution in [1.29, 1.82) is 0 Å². The summed E-state index contributed by atoms with van der Waals surface area (Å²) in [5, 5.41) is 0.665. The first-order chi connectivity index (χ1) is 14.0. The number of nitrogens with zero attached hydrogens (tertiary/aromatic N) is 2. The topological polar surface area (TPSA) is 85.3 Å². The Morgan fingerprint density at radius 2 is 1.90 bits per heavy atom. The lowest BCUT2D eigenvalue weighted by Crippen LogP contribution is -2.39. The molecule has 5 rings (SSSR count). The Kier molecular flexibility index (Phi) is 4.51. The van der Waals surface area contributed by atoms with Gasteiger partial charge in [0.1, 0.15) is 0 Å². The third-order valence-corrected chi connectivity index (χ3v) is 7.84. The second kappa shape index (κ2) is 7.07. The summed E-state index contributed by atoms with van der Waals surface area (Å²) < 4.78 is 35.2. The maximum atomic E-state index is 12.5. The summed E-state index contributed by atoms with van der Waals surface area (Å²) in [5.41, 5.74) is 1.44. The number of amidine groups is 1. The van der Waals surface area contributed by atoms with Gasteiger partial charge < -0.3 is 14.4 Å². The number of anilines is 1. The second-order valence-corrected chi connectivity index (χ2v) is 10.2. The molecule has 2 aromatic rings. The lowest BCUT2D eigenvalue weighted by Gasteiger charge is -2.26. The van der Waals surface area contributed by atoms with Crippen LogP contribution < -0.4 is 14.4 Å². The molecular formula is C20H18N2O5S2. The number of carbonyl (C=O) groups is 1. The van der Waals surface area contributed by atoms with Gasteiger partial charge in [-0.1, -0.05) is 42.1 Å². The molecule has 0 spiro atoms. The van der Waals surface area contributed by atoms with Gasteiger partial charge in [0, 0.05) is 17.3 Å². The minimum absolute atomic E-state index is 0.00798. The normalized spacial score (nSPS) is 23.7. The minimum atomic E-state index is -3.14. The fraction of sp³-hybridized carbons (Fsp3) is 0.300. The largest absolute Gasteiger partial charge is 0.454 e. The highest BCUT2D eigenvalue weighted by Crippen LogP contribution is 2.40. The van der Waals surface area contributed by atoms with Crippen molar-refractivity contribution in [2.45, 2.75) is 12.1 Å². The predicted octanol–water partition coefficient (Wildman–Crippen LogP) is 2.37. The van der Waals surface area contributed by atoms with Gasteiger partial charge in [0.05, 0.1) is 29.3 Å². The maximum Gasteiger partial charge on any atom is 0.231 e. The summed E-state index contributed by atoms with van der Waals surface area (Å²) in [6.45, 7) is 0.167. The Hall–Kier alpha value is -2.52. The van der Waals surface area contributed by atoms with E-state index in [1.165, 1.54) is 11.8 Å². The Balaban J connectivity index is 1.42. The lowest BCUT2D eigenvalue weighted by atomic mass is 10.1. The summed E-state index contributed by atoms with van der Waals surface area (Å²) in [4.78, 5) is 19.1. The molecule has 3 aliphatic rings. The second-order valence-electron chi connectivity index (χ2n) is 7.11. The van der Waals surface area contributed by atoms with Gasteiger partial charge in [0.2, 0.25) is 6.79 Å². The summed E-state index contributed by atoms with van der Waals surface area (Å²) in [6, 6.07) is 14.0. The number of aliphatic imine (C=N–C) groups is 1. The van der Waals surface area contributed by atoms with Crippen LogP contribution in [0.3, 0.4) is 0 Å². The number of hydrogen-bond donors (Lipinski definition) is 0. The summed E-state index contributed by atoms with van der Waals surface area (Å²) in [7, 11) is -3.14. The number of rotatable bonds is 4. The Morgan fingerprint density at radius 3 is 2.72 bits per heavy atom. The Labute approximate surface area is 172 Å².